The molecule has 2 amide bonds. The molecule has 1 aliphatic rings. The van der Waals surface area contributed by atoms with Gasteiger partial charge in [-0.2, -0.15) is 0 Å². The van der Waals surface area contributed by atoms with Crippen molar-refractivity contribution in [2.75, 3.05) is 19.6 Å². The van der Waals surface area contributed by atoms with Crippen molar-refractivity contribution in [1.82, 2.24) is 25.6 Å². The number of amides is 2. The maximum absolute atomic E-state index is 12.5. The average molecular weight is 375 g/mol. The van der Waals surface area contributed by atoms with Crippen molar-refractivity contribution >= 4 is 11.8 Å². The molecule has 1 atom stereocenters. The Morgan fingerprint density at radius 2 is 2.15 bits per heavy atom. The van der Waals surface area contributed by atoms with Crippen LogP contribution < -0.4 is 16.4 Å². The molecule has 0 bridgehead atoms. The van der Waals surface area contributed by atoms with E-state index >= 15 is 0 Å². The van der Waals surface area contributed by atoms with Gasteiger partial charge in [0.1, 0.15) is 5.76 Å². The Balaban J connectivity index is 1.54. The van der Waals surface area contributed by atoms with Crippen molar-refractivity contribution in [1.29, 1.82) is 0 Å². The smallest absolute Gasteiger partial charge is 0.273 e. The lowest BCUT2D eigenvalue weighted by atomic mass is 9.97. The summed E-state index contributed by atoms with van der Waals surface area (Å²) in [6.45, 7) is 3.20. The van der Waals surface area contributed by atoms with E-state index in [1.165, 1.54) is 0 Å². The zero-order chi connectivity index (χ0) is 19.4. The van der Waals surface area contributed by atoms with Crippen LogP contribution in [0.4, 0.5) is 0 Å². The fourth-order valence-electron chi connectivity index (χ4n) is 3.12. The quantitative estimate of drug-likeness (QED) is 0.648. The van der Waals surface area contributed by atoms with Gasteiger partial charge in [-0.3, -0.25) is 29.4 Å². The predicted molar refractivity (Wildman–Crippen MR) is 94.3 cm³/mol. The molecule has 1 unspecified atom stereocenters. The maximum atomic E-state index is 12.5. The Bertz CT molecular complexity index is 943. The molecule has 0 radical (unpaired) electrons. The van der Waals surface area contributed by atoms with Gasteiger partial charge in [0, 0.05) is 37.3 Å². The summed E-state index contributed by atoms with van der Waals surface area (Å²) in [5.41, 5.74) is -0.572. The number of piperidine rings is 1. The Morgan fingerprint density at radius 3 is 2.89 bits per heavy atom. The van der Waals surface area contributed by atoms with Crippen molar-refractivity contribution in [2.24, 2.45) is 5.92 Å². The van der Waals surface area contributed by atoms with Gasteiger partial charge < -0.3 is 14.7 Å². The molecule has 2 aromatic heterocycles. The molecule has 3 rings (SSSR count). The molecule has 2 aromatic rings. The number of aryl methyl sites for hydroxylation is 1. The Morgan fingerprint density at radius 1 is 1.33 bits per heavy atom. The summed E-state index contributed by atoms with van der Waals surface area (Å²) in [6, 6.07) is 2.70. The van der Waals surface area contributed by atoms with Crippen LogP contribution in [-0.2, 0) is 11.2 Å². The van der Waals surface area contributed by atoms with Gasteiger partial charge in [-0.1, -0.05) is 5.16 Å². The lowest BCUT2D eigenvalue weighted by Crippen LogP contribution is -2.44. The highest BCUT2D eigenvalue weighted by molar-refractivity contribution is 5.92. The third kappa shape index (κ3) is 4.72. The van der Waals surface area contributed by atoms with E-state index in [0.29, 0.717) is 25.4 Å². The number of carbonyl (C=O) groups excluding carboxylic acids is 2. The van der Waals surface area contributed by atoms with E-state index in [1.807, 2.05) is 0 Å². The van der Waals surface area contributed by atoms with Crippen LogP contribution in [0.15, 0.2) is 26.2 Å². The molecule has 0 spiro atoms. The molecule has 1 fully saturated rings. The molecule has 3 heterocycles. The van der Waals surface area contributed by atoms with Crippen LogP contribution in [0.2, 0.25) is 0 Å². The zero-order valence-corrected chi connectivity index (χ0v) is 14.9. The summed E-state index contributed by atoms with van der Waals surface area (Å²) in [7, 11) is 0. The van der Waals surface area contributed by atoms with Crippen LogP contribution in [0.25, 0.3) is 0 Å². The highest BCUT2D eigenvalue weighted by Gasteiger charge is 2.25. The van der Waals surface area contributed by atoms with E-state index in [2.05, 4.69) is 20.7 Å². The van der Waals surface area contributed by atoms with Crippen molar-refractivity contribution in [3.8, 4) is 0 Å². The van der Waals surface area contributed by atoms with Crippen molar-refractivity contribution in [3.05, 3.63) is 49.9 Å². The first-order chi connectivity index (χ1) is 12.9. The lowest BCUT2D eigenvalue weighted by Gasteiger charge is -2.32. The number of hydrogen-bond acceptors (Lipinski definition) is 6. The summed E-state index contributed by atoms with van der Waals surface area (Å²) in [6.07, 6.45) is 1.56. The van der Waals surface area contributed by atoms with Gasteiger partial charge in [0.2, 0.25) is 5.91 Å². The monoisotopic (exact) mass is 375 g/mol. The second kappa shape index (κ2) is 8.02. The third-order valence-corrected chi connectivity index (χ3v) is 4.52. The van der Waals surface area contributed by atoms with Gasteiger partial charge in [-0.05, 0) is 25.7 Å². The minimum atomic E-state index is -0.480. The minimum absolute atomic E-state index is 0.108. The zero-order valence-electron chi connectivity index (χ0n) is 14.9. The number of nitrogens with zero attached hydrogens (tertiary/aromatic N) is 2. The molecular weight excluding hydrogens is 354 g/mol. The van der Waals surface area contributed by atoms with E-state index < -0.39 is 11.1 Å². The highest BCUT2D eigenvalue weighted by atomic mass is 16.5. The summed E-state index contributed by atoms with van der Waals surface area (Å²) in [5, 5.41) is 10.9. The van der Waals surface area contributed by atoms with E-state index in [9.17, 15) is 19.2 Å². The summed E-state index contributed by atoms with van der Waals surface area (Å²) >= 11 is 0. The molecule has 10 heteroatoms. The molecule has 0 aromatic carbocycles. The molecule has 10 nitrogen and oxygen atoms in total. The molecule has 1 saturated heterocycles. The molecule has 0 saturated carbocycles. The van der Waals surface area contributed by atoms with E-state index in [4.69, 9.17) is 4.52 Å². The van der Waals surface area contributed by atoms with Gasteiger partial charge in [-0.25, -0.2) is 0 Å². The van der Waals surface area contributed by atoms with Gasteiger partial charge in [-0.15, -0.1) is 0 Å². The van der Waals surface area contributed by atoms with Crippen LogP contribution in [0.5, 0.6) is 0 Å². The topological polar surface area (TPSA) is 141 Å². The van der Waals surface area contributed by atoms with Crippen molar-refractivity contribution in [2.45, 2.75) is 26.2 Å². The Labute approximate surface area is 153 Å². The van der Waals surface area contributed by atoms with Crippen LogP contribution in [0.1, 0.15) is 34.7 Å². The number of aromatic amines is 2. The Hall–Kier alpha value is -3.17. The maximum Gasteiger partial charge on any atom is 0.273 e. The summed E-state index contributed by atoms with van der Waals surface area (Å²) < 4.78 is 4.88. The largest absolute Gasteiger partial charge is 0.361 e. The molecule has 27 heavy (non-hydrogen) atoms. The molecular formula is C17H21N5O5. The lowest BCUT2D eigenvalue weighted by molar-refractivity contribution is -0.132. The fourth-order valence-corrected chi connectivity index (χ4v) is 3.12. The molecule has 144 valence electrons. The van der Waals surface area contributed by atoms with E-state index in [-0.39, 0.29) is 35.4 Å². The number of aromatic nitrogens is 3. The van der Waals surface area contributed by atoms with Gasteiger partial charge in [0.05, 0.1) is 6.42 Å². The minimum Gasteiger partial charge on any atom is -0.361 e. The fraction of sp³-hybridized carbons (Fsp3) is 0.471. The predicted octanol–water partition coefficient (Wildman–Crippen LogP) is -0.429. The number of rotatable bonds is 5. The normalized spacial score (nSPS) is 16.9. The van der Waals surface area contributed by atoms with Crippen molar-refractivity contribution < 1.29 is 14.1 Å². The number of carbonyl (C=O) groups is 2. The molecule has 1 aliphatic heterocycles. The van der Waals surface area contributed by atoms with Crippen molar-refractivity contribution in [3.63, 3.8) is 0 Å². The number of nitrogens with one attached hydrogen (secondary N) is 3. The first-order valence-electron chi connectivity index (χ1n) is 8.72. The van der Waals surface area contributed by atoms with Crippen LogP contribution >= 0.6 is 0 Å². The first kappa shape index (κ1) is 18.6. The average Bonchev–Trinajstić information content (AvgIpc) is 3.09. The van der Waals surface area contributed by atoms with Crippen LogP contribution in [0, 0.1) is 12.8 Å². The van der Waals surface area contributed by atoms with E-state index in [1.54, 1.807) is 17.9 Å². The second-order valence-electron chi connectivity index (χ2n) is 6.67. The number of H-pyrrole nitrogens is 2. The summed E-state index contributed by atoms with van der Waals surface area (Å²) in [4.78, 5) is 49.2. The Kier molecular flexibility index (Phi) is 5.53. The van der Waals surface area contributed by atoms with Gasteiger partial charge >= 0.3 is 0 Å². The van der Waals surface area contributed by atoms with E-state index in [0.717, 1.165) is 18.9 Å². The summed E-state index contributed by atoms with van der Waals surface area (Å²) in [5.74, 6) is 0.140. The first-order valence-corrected chi connectivity index (χ1v) is 8.72. The van der Waals surface area contributed by atoms with Gasteiger partial charge in [0.15, 0.2) is 5.69 Å². The molecule has 0 aliphatic carbocycles. The van der Waals surface area contributed by atoms with Gasteiger partial charge in [0.25, 0.3) is 17.0 Å². The standard InChI is InChI=1S/C17H21N5O5/c1-10-5-13(21-27-10)17(26)18-8-11-3-2-4-22(9-11)15(24)7-12-6-14(23)19-20-16(12)25/h5-6,11H,2-4,7-9H2,1H3,(H,18,26)(H,19,23)(H,20,25). The highest BCUT2D eigenvalue weighted by Crippen LogP contribution is 2.17. The number of hydrogen-bond donors (Lipinski definition) is 3. The van der Waals surface area contributed by atoms with Crippen LogP contribution in [-0.4, -0.2) is 51.7 Å². The van der Waals surface area contributed by atoms with Crippen LogP contribution in [0.3, 0.4) is 0 Å². The molecule has 3 N–H and O–H groups in total. The SMILES string of the molecule is Cc1cc(C(=O)NCC2CCCN(C(=O)Cc3cc(=O)[nH][nH]c3=O)C2)no1. The number of likely N-dealkylation sites (tertiary alicyclic amines) is 1. The third-order valence-electron chi connectivity index (χ3n) is 4.52. The second-order valence-corrected chi connectivity index (χ2v) is 6.67.